The Kier molecular flexibility index (Phi) is 3.53. The van der Waals surface area contributed by atoms with Crippen molar-refractivity contribution >= 4 is 17.3 Å². The molecule has 0 amide bonds. The molecule has 0 aliphatic rings. The predicted octanol–water partition coefficient (Wildman–Crippen LogP) is 3.73. The summed E-state index contributed by atoms with van der Waals surface area (Å²) in [5, 5.41) is 17.2. The number of thiophene rings is 1. The lowest BCUT2D eigenvalue weighted by Crippen LogP contribution is -1.98. The van der Waals surface area contributed by atoms with Gasteiger partial charge < -0.3 is 9.52 Å². The van der Waals surface area contributed by atoms with Crippen LogP contribution in [-0.2, 0) is 6.42 Å². The van der Waals surface area contributed by atoms with Gasteiger partial charge in [-0.1, -0.05) is 19.1 Å². The van der Waals surface area contributed by atoms with Crippen LogP contribution in [0.1, 0.15) is 22.2 Å². The number of hydrogen-bond acceptors (Lipinski definition) is 5. The minimum absolute atomic E-state index is 0.146. The highest BCUT2D eigenvalue weighted by Gasteiger charge is 2.17. The van der Waals surface area contributed by atoms with E-state index >= 15 is 0 Å². The first kappa shape index (κ1) is 13.5. The molecule has 1 aromatic carbocycles. The molecule has 0 saturated heterocycles. The molecule has 3 rings (SSSR count). The average molecular weight is 300 g/mol. The van der Waals surface area contributed by atoms with Crippen LogP contribution in [0.3, 0.4) is 0 Å². The Morgan fingerprint density at radius 2 is 1.95 bits per heavy atom. The lowest BCUT2D eigenvalue weighted by Gasteiger charge is -1.99. The number of carboxylic acids is 1. The predicted molar refractivity (Wildman–Crippen MR) is 79.4 cm³/mol. The summed E-state index contributed by atoms with van der Waals surface area (Å²) in [6, 6.07) is 10.5. The van der Waals surface area contributed by atoms with Crippen LogP contribution in [0, 0.1) is 0 Å². The van der Waals surface area contributed by atoms with E-state index in [0.29, 0.717) is 11.5 Å². The Balaban J connectivity index is 2.01. The van der Waals surface area contributed by atoms with Crippen molar-refractivity contribution in [1.82, 2.24) is 10.2 Å². The number of carboxylic acid groups (broad SMARTS) is 1. The summed E-state index contributed by atoms with van der Waals surface area (Å²) in [5.74, 6) is -0.390. The maximum absolute atomic E-state index is 11.2. The van der Waals surface area contributed by atoms with Gasteiger partial charge >= 0.3 is 5.97 Å². The van der Waals surface area contributed by atoms with Gasteiger partial charge in [0.2, 0.25) is 5.89 Å². The highest BCUT2D eigenvalue weighted by atomic mass is 32.1. The smallest absolute Gasteiger partial charge is 0.336 e. The van der Waals surface area contributed by atoms with Crippen LogP contribution in [0.15, 0.2) is 40.8 Å². The Hall–Kier alpha value is -2.47. The maximum atomic E-state index is 11.2. The van der Waals surface area contributed by atoms with E-state index < -0.39 is 5.97 Å². The number of nitrogens with zero attached hydrogens (tertiary/aromatic N) is 2. The third-order valence-electron chi connectivity index (χ3n) is 3.03. The van der Waals surface area contributed by atoms with Crippen LogP contribution < -0.4 is 0 Å². The summed E-state index contributed by atoms with van der Waals surface area (Å²) in [6.45, 7) is 2.08. The maximum Gasteiger partial charge on any atom is 0.336 e. The van der Waals surface area contributed by atoms with Crippen molar-refractivity contribution in [2.24, 2.45) is 0 Å². The first-order valence-corrected chi connectivity index (χ1v) is 7.26. The van der Waals surface area contributed by atoms with E-state index in [1.54, 1.807) is 29.5 Å². The van der Waals surface area contributed by atoms with Gasteiger partial charge in [-0.25, -0.2) is 4.79 Å². The van der Waals surface area contributed by atoms with Crippen LogP contribution in [0.5, 0.6) is 0 Å². The standard InChI is InChI=1S/C15H12N2O3S/c1-2-9-7-8-12(21-9)14-17-16-13(20-14)10-5-3-4-6-11(10)15(18)19/h3-8H,2H2,1H3,(H,18,19). The average Bonchev–Trinajstić information content (AvgIpc) is 3.16. The first-order chi connectivity index (χ1) is 10.2. The van der Waals surface area contributed by atoms with Gasteiger partial charge in [0.05, 0.1) is 16.0 Å². The van der Waals surface area contributed by atoms with E-state index in [-0.39, 0.29) is 11.5 Å². The fraction of sp³-hybridized carbons (Fsp3) is 0.133. The molecule has 21 heavy (non-hydrogen) atoms. The van der Waals surface area contributed by atoms with E-state index in [0.717, 1.165) is 11.3 Å². The number of aryl methyl sites for hydroxylation is 1. The molecule has 0 spiro atoms. The van der Waals surface area contributed by atoms with Crippen molar-refractivity contribution < 1.29 is 14.3 Å². The van der Waals surface area contributed by atoms with Crippen LogP contribution in [0.4, 0.5) is 0 Å². The SMILES string of the molecule is CCc1ccc(-c2nnc(-c3ccccc3C(=O)O)o2)s1. The minimum atomic E-state index is -1.02. The van der Waals surface area contributed by atoms with Crippen molar-refractivity contribution in [2.75, 3.05) is 0 Å². The van der Waals surface area contributed by atoms with E-state index in [2.05, 4.69) is 17.1 Å². The Bertz CT molecular complexity index is 792. The third-order valence-corrected chi connectivity index (χ3v) is 4.25. The first-order valence-electron chi connectivity index (χ1n) is 6.44. The summed E-state index contributed by atoms with van der Waals surface area (Å²) < 4.78 is 5.63. The Morgan fingerprint density at radius 1 is 1.19 bits per heavy atom. The second-order valence-corrected chi connectivity index (χ2v) is 5.55. The van der Waals surface area contributed by atoms with Crippen LogP contribution >= 0.6 is 11.3 Å². The van der Waals surface area contributed by atoms with Crippen molar-refractivity contribution in [3.05, 3.63) is 46.8 Å². The van der Waals surface area contributed by atoms with Gasteiger partial charge in [0.15, 0.2) is 0 Å². The van der Waals surface area contributed by atoms with Crippen molar-refractivity contribution in [3.8, 4) is 22.2 Å². The second kappa shape index (κ2) is 5.49. The molecule has 1 N–H and O–H groups in total. The largest absolute Gasteiger partial charge is 0.478 e. The van der Waals surface area contributed by atoms with E-state index in [4.69, 9.17) is 4.42 Å². The van der Waals surface area contributed by atoms with Crippen LogP contribution in [0.25, 0.3) is 22.2 Å². The molecule has 106 valence electrons. The molecule has 2 heterocycles. The van der Waals surface area contributed by atoms with Gasteiger partial charge in [0, 0.05) is 4.88 Å². The van der Waals surface area contributed by atoms with Crippen LogP contribution in [-0.4, -0.2) is 21.3 Å². The highest BCUT2D eigenvalue weighted by molar-refractivity contribution is 7.15. The number of benzene rings is 1. The van der Waals surface area contributed by atoms with E-state index in [1.807, 2.05) is 12.1 Å². The van der Waals surface area contributed by atoms with Crippen LogP contribution in [0.2, 0.25) is 0 Å². The fourth-order valence-corrected chi connectivity index (χ4v) is 2.84. The summed E-state index contributed by atoms with van der Waals surface area (Å²) >= 11 is 1.59. The highest BCUT2D eigenvalue weighted by Crippen LogP contribution is 2.30. The normalized spacial score (nSPS) is 10.7. The lowest BCUT2D eigenvalue weighted by atomic mass is 10.1. The quantitative estimate of drug-likeness (QED) is 0.794. The monoisotopic (exact) mass is 300 g/mol. The van der Waals surface area contributed by atoms with Gasteiger partial charge in [0.25, 0.3) is 5.89 Å². The summed E-state index contributed by atoms with van der Waals surface area (Å²) in [7, 11) is 0. The van der Waals surface area contributed by atoms with Gasteiger partial charge in [0.1, 0.15) is 0 Å². The molecule has 0 fully saturated rings. The molecule has 2 aromatic heterocycles. The summed E-state index contributed by atoms with van der Waals surface area (Å²) in [5.41, 5.74) is 0.573. The van der Waals surface area contributed by atoms with Gasteiger partial charge in [-0.3, -0.25) is 0 Å². The number of aromatic carboxylic acids is 1. The molecule has 0 saturated carbocycles. The molecule has 0 radical (unpaired) electrons. The molecule has 0 atom stereocenters. The van der Waals surface area contributed by atoms with Gasteiger partial charge in [-0.15, -0.1) is 21.5 Å². The molecule has 5 nitrogen and oxygen atoms in total. The lowest BCUT2D eigenvalue weighted by molar-refractivity contribution is 0.0697. The Labute approximate surface area is 124 Å². The molecule has 3 aromatic rings. The van der Waals surface area contributed by atoms with Gasteiger partial charge in [-0.2, -0.15) is 0 Å². The van der Waals surface area contributed by atoms with Crippen molar-refractivity contribution in [3.63, 3.8) is 0 Å². The molecule has 6 heteroatoms. The number of carbonyl (C=O) groups is 1. The molecular formula is C15H12N2O3S. The molecular weight excluding hydrogens is 288 g/mol. The van der Waals surface area contributed by atoms with Crippen molar-refractivity contribution in [1.29, 1.82) is 0 Å². The number of rotatable bonds is 4. The zero-order chi connectivity index (χ0) is 14.8. The molecule has 0 unspecified atom stereocenters. The Morgan fingerprint density at radius 3 is 2.67 bits per heavy atom. The fourth-order valence-electron chi connectivity index (χ4n) is 1.97. The molecule has 0 aliphatic heterocycles. The van der Waals surface area contributed by atoms with E-state index in [1.165, 1.54) is 10.9 Å². The van der Waals surface area contributed by atoms with Crippen molar-refractivity contribution in [2.45, 2.75) is 13.3 Å². The third kappa shape index (κ3) is 2.57. The zero-order valence-electron chi connectivity index (χ0n) is 11.2. The second-order valence-electron chi connectivity index (χ2n) is 4.38. The van der Waals surface area contributed by atoms with E-state index in [9.17, 15) is 9.90 Å². The summed E-state index contributed by atoms with van der Waals surface area (Å²) in [4.78, 5) is 13.3. The number of aromatic nitrogens is 2. The minimum Gasteiger partial charge on any atom is -0.478 e. The zero-order valence-corrected chi connectivity index (χ0v) is 12.1. The number of hydrogen-bond donors (Lipinski definition) is 1. The molecule has 0 bridgehead atoms. The molecule has 0 aliphatic carbocycles. The topological polar surface area (TPSA) is 76.2 Å². The van der Waals surface area contributed by atoms with Gasteiger partial charge in [-0.05, 0) is 30.7 Å². The summed E-state index contributed by atoms with van der Waals surface area (Å²) in [6.07, 6.45) is 0.952.